The first-order valence-corrected chi connectivity index (χ1v) is 14.2. The van der Waals surface area contributed by atoms with Crippen molar-refractivity contribution in [2.45, 2.75) is 26.3 Å². The second-order valence-electron chi connectivity index (χ2n) is 9.67. The fourth-order valence-electron chi connectivity index (χ4n) is 4.64. The number of carbonyl (C=O) groups excluding carboxylic acids is 2. The number of hydrogen-bond donors (Lipinski definition) is 2. The van der Waals surface area contributed by atoms with Crippen molar-refractivity contribution < 1.29 is 24.2 Å². The summed E-state index contributed by atoms with van der Waals surface area (Å²) in [5, 5.41) is 12.9. The zero-order valence-electron chi connectivity index (χ0n) is 23.4. The van der Waals surface area contributed by atoms with Gasteiger partial charge in [-0.1, -0.05) is 72.3 Å². The van der Waals surface area contributed by atoms with Crippen LogP contribution in [0, 0.1) is 0 Å². The Kier molecular flexibility index (Phi) is 10.7. The summed E-state index contributed by atoms with van der Waals surface area (Å²) in [5.41, 5.74) is 3.88. The predicted molar refractivity (Wildman–Crippen MR) is 164 cm³/mol. The first-order chi connectivity index (χ1) is 20.4. The Bertz CT molecular complexity index is 1540. The summed E-state index contributed by atoms with van der Waals surface area (Å²) in [4.78, 5) is 40.2. The quantitative estimate of drug-likeness (QED) is 0.187. The number of carboxylic acid groups (broad SMARTS) is 1. The van der Waals surface area contributed by atoms with Crippen LogP contribution in [0.15, 0.2) is 97.1 Å². The lowest BCUT2D eigenvalue weighted by Crippen LogP contribution is -2.35. The molecule has 4 rings (SSSR count). The molecule has 0 fully saturated rings. The van der Waals surface area contributed by atoms with E-state index in [1.54, 1.807) is 47.4 Å². The SMILES string of the molecule is CCOc1ccc(CCN(CCC(=O)O)C(=O)c2ccccc2-c2ccccc2C(=O)NCc2cccc(Cl)c2)cc1. The third-order valence-electron chi connectivity index (χ3n) is 6.75. The number of rotatable bonds is 13. The van der Waals surface area contributed by atoms with Crippen molar-refractivity contribution in [3.8, 4) is 16.9 Å². The topological polar surface area (TPSA) is 95.9 Å². The minimum atomic E-state index is -0.983. The summed E-state index contributed by atoms with van der Waals surface area (Å²) in [6.07, 6.45) is 0.363. The molecule has 0 aromatic heterocycles. The van der Waals surface area contributed by atoms with Gasteiger partial charge in [0.15, 0.2) is 0 Å². The molecule has 0 radical (unpaired) electrons. The van der Waals surface area contributed by atoms with Crippen molar-refractivity contribution in [2.24, 2.45) is 0 Å². The fraction of sp³-hybridized carbons (Fsp3) is 0.206. The number of carbonyl (C=O) groups is 3. The van der Waals surface area contributed by atoms with Crippen LogP contribution in [0.1, 0.15) is 45.2 Å². The van der Waals surface area contributed by atoms with Crippen LogP contribution < -0.4 is 10.1 Å². The highest BCUT2D eigenvalue weighted by atomic mass is 35.5. The van der Waals surface area contributed by atoms with Gasteiger partial charge in [-0.15, -0.1) is 0 Å². The lowest BCUT2D eigenvalue weighted by Gasteiger charge is -2.24. The summed E-state index contributed by atoms with van der Waals surface area (Å²) < 4.78 is 5.51. The normalized spacial score (nSPS) is 10.6. The summed E-state index contributed by atoms with van der Waals surface area (Å²) in [5.74, 6) is -0.800. The number of ether oxygens (including phenoxy) is 1. The van der Waals surface area contributed by atoms with Gasteiger partial charge in [0, 0.05) is 35.8 Å². The van der Waals surface area contributed by atoms with Gasteiger partial charge in [0.05, 0.1) is 13.0 Å². The Labute approximate surface area is 250 Å². The fourth-order valence-corrected chi connectivity index (χ4v) is 4.86. The maximum atomic E-state index is 13.9. The van der Waals surface area contributed by atoms with Crippen molar-refractivity contribution in [1.82, 2.24) is 10.2 Å². The molecule has 216 valence electrons. The van der Waals surface area contributed by atoms with E-state index in [4.69, 9.17) is 16.3 Å². The van der Waals surface area contributed by atoms with E-state index in [9.17, 15) is 19.5 Å². The molecule has 0 spiro atoms. The van der Waals surface area contributed by atoms with Crippen LogP contribution in [-0.4, -0.2) is 47.5 Å². The minimum absolute atomic E-state index is 0.0568. The van der Waals surface area contributed by atoms with E-state index in [0.29, 0.717) is 53.4 Å². The molecule has 42 heavy (non-hydrogen) atoms. The van der Waals surface area contributed by atoms with E-state index in [1.807, 2.05) is 61.5 Å². The number of hydrogen-bond acceptors (Lipinski definition) is 4. The molecule has 0 aliphatic carbocycles. The molecule has 0 aliphatic rings. The second-order valence-corrected chi connectivity index (χ2v) is 10.1. The Hall–Kier alpha value is -4.62. The Balaban J connectivity index is 1.58. The van der Waals surface area contributed by atoms with Gasteiger partial charge >= 0.3 is 5.97 Å². The summed E-state index contributed by atoms with van der Waals surface area (Å²) in [7, 11) is 0. The van der Waals surface area contributed by atoms with Gasteiger partial charge in [0.1, 0.15) is 5.75 Å². The average Bonchev–Trinajstić information content (AvgIpc) is 3.00. The van der Waals surface area contributed by atoms with Gasteiger partial charge in [-0.05, 0) is 72.0 Å². The number of aliphatic carboxylic acids is 1. The minimum Gasteiger partial charge on any atom is -0.494 e. The van der Waals surface area contributed by atoms with Crippen LogP contribution in [0.4, 0.5) is 0 Å². The van der Waals surface area contributed by atoms with E-state index < -0.39 is 5.97 Å². The smallest absolute Gasteiger partial charge is 0.305 e. The van der Waals surface area contributed by atoms with Crippen molar-refractivity contribution in [1.29, 1.82) is 0 Å². The lowest BCUT2D eigenvalue weighted by atomic mass is 9.94. The largest absolute Gasteiger partial charge is 0.494 e. The van der Waals surface area contributed by atoms with Gasteiger partial charge in [0.2, 0.25) is 0 Å². The van der Waals surface area contributed by atoms with Gasteiger partial charge in [-0.25, -0.2) is 0 Å². The Morgan fingerprint density at radius 3 is 2.14 bits per heavy atom. The predicted octanol–water partition coefficient (Wildman–Crippen LogP) is 6.50. The van der Waals surface area contributed by atoms with Gasteiger partial charge in [0.25, 0.3) is 11.8 Å². The van der Waals surface area contributed by atoms with Crippen molar-refractivity contribution in [2.75, 3.05) is 19.7 Å². The molecule has 2 N–H and O–H groups in total. The van der Waals surface area contributed by atoms with Crippen LogP contribution in [-0.2, 0) is 17.8 Å². The monoisotopic (exact) mass is 584 g/mol. The van der Waals surface area contributed by atoms with Gasteiger partial charge in [-0.3, -0.25) is 14.4 Å². The molecule has 0 saturated heterocycles. The van der Waals surface area contributed by atoms with Crippen LogP contribution in [0.25, 0.3) is 11.1 Å². The number of nitrogens with zero attached hydrogens (tertiary/aromatic N) is 1. The number of amides is 2. The molecule has 8 heteroatoms. The first kappa shape index (κ1) is 30.3. The molecule has 0 atom stereocenters. The number of nitrogens with one attached hydrogen (secondary N) is 1. The highest BCUT2D eigenvalue weighted by Crippen LogP contribution is 2.29. The van der Waals surface area contributed by atoms with Crippen LogP contribution in [0.3, 0.4) is 0 Å². The Morgan fingerprint density at radius 2 is 1.48 bits per heavy atom. The molecule has 0 bridgehead atoms. The molecule has 0 saturated carbocycles. The van der Waals surface area contributed by atoms with Crippen LogP contribution in [0.5, 0.6) is 5.75 Å². The molecule has 7 nitrogen and oxygen atoms in total. The third kappa shape index (κ3) is 8.21. The van der Waals surface area contributed by atoms with E-state index in [0.717, 1.165) is 16.9 Å². The lowest BCUT2D eigenvalue weighted by molar-refractivity contribution is -0.137. The standard InChI is InChI=1S/C34H33ClN2O5/c1-2-42-27-16-14-24(15-17-27)18-20-37(21-19-32(38)39)34(41)31-13-6-4-11-29(31)28-10-3-5-12-30(28)33(40)36-23-25-8-7-9-26(35)22-25/h3-17,22H,2,18-21,23H2,1H3,(H,36,40)(H,38,39). The van der Waals surface area contributed by atoms with Crippen molar-refractivity contribution >= 4 is 29.4 Å². The Morgan fingerprint density at radius 1 is 0.810 bits per heavy atom. The average molecular weight is 585 g/mol. The molecular formula is C34H33ClN2O5. The molecule has 4 aromatic rings. The number of halogens is 1. The summed E-state index contributed by atoms with van der Waals surface area (Å²) >= 11 is 6.08. The van der Waals surface area contributed by atoms with Gasteiger partial charge < -0.3 is 20.1 Å². The molecular weight excluding hydrogens is 552 g/mol. The molecule has 2 amide bonds. The molecule has 0 heterocycles. The van der Waals surface area contributed by atoms with Crippen molar-refractivity contribution in [3.05, 3.63) is 124 Å². The number of benzene rings is 4. The second kappa shape index (κ2) is 14.8. The molecule has 0 aliphatic heterocycles. The highest BCUT2D eigenvalue weighted by Gasteiger charge is 2.22. The first-order valence-electron chi connectivity index (χ1n) is 13.8. The maximum absolute atomic E-state index is 13.9. The van der Waals surface area contributed by atoms with Crippen molar-refractivity contribution in [3.63, 3.8) is 0 Å². The van der Waals surface area contributed by atoms with Gasteiger partial charge in [-0.2, -0.15) is 0 Å². The van der Waals surface area contributed by atoms with E-state index >= 15 is 0 Å². The summed E-state index contributed by atoms with van der Waals surface area (Å²) in [6, 6.07) is 29.1. The van der Waals surface area contributed by atoms with E-state index in [1.165, 1.54) is 0 Å². The van der Waals surface area contributed by atoms with Crippen LogP contribution in [0.2, 0.25) is 5.02 Å². The maximum Gasteiger partial charge on any atom is 0.305 e. The highest BCUT2D eigenvalue weighted by molar-refractivity contribution is 6.30. The number of carboxylic acids is 1. The van der Waals surface area contributed by atoms with E-state index in [2.05, 4.69) is 5.32 Å². The molecule has 0 unspecified atom stereocenters. The zero-order valence-corrected chi connectivity index (χ0v) is 24.1. The third-order valence-corrected chi connectivity index (χ3v) is 6.98. The van der Waals surface area contributed by atoms with Crippen LogP contribution >= 0.6 is 11.6 Å². The van der Waals surface area contributed by atoms with E-state index in [-0.39, 0.29) is 24.8 Å². The summed E-state index contributed by atoms with van der Waals surface area (Å²) in [6.45, 7) is 3.17. The zero-order chi connectivity index (χ0) is 29.9. The molecule has 4 aromatic carbocycles.